The molecule has 0 spiro atoms. The van der Waals surface area contributed by atoms with E-state index in [0.717, 1.165) is 37.7 Å². The smallest absolute Gasteiger partial charge is 0.407 e. The van der Waals surface area contributed by atoms with Crippen LogP contribution < -0.4 is 16.0 Å². The van der Waals surface area contributed by atoms with Crippen molar-refractivity contribution in [2.24, 2.45) is 5.92 Å². The molecule has 0 radical (unpaired) electrons. The Bertz CT molecular complexity index is 975. The van der Waals surface area contributed by atoms with Crippen molar-refractivity contribution >= 4 is 35.5 Å². The molecule has 0 unspecified atom stereocenters. The van der Waals surface area contributed by atoms with Crippen LogP contribution in [0, 0.1) is 5.92 Å². The fourth-order valence-corrected chi connectivity index (χ4v) is 4.91. The van der Waals surface area contributed by atoms with Crippen LogP contribution in [-0.2, 0) is 25.5 Å². The summed E-state index contributed by atoms with van der Waals surface area (Å²) in [7, 11) is 0. The number of aliphatic hydroxyl groups excluding tert-OH is 1. The second-order valence-corrected chi connectivity index (χ2v) is 11.9. The van der Waals surface area contributed by atoms with Gasteiger partial charge >= 0.3 is 12.1 Å². The second-order valence-electron chi connectivity index (χ2n) is 11.5. The molecule has 1 fully saturated rings. The minimum Gasteiger partial charge on any atom is -0.481 e. The number of aliphatic carboxylic acids is 1. The van der Waals surface area contributed by atoms with E-state index in [-0.39, 0.29) is 25.8 Å². The summed E-state index contributed by atoms with van der Waals surface area (Å²) in [5, 5.41) is 28.7. The van der Waals surface area contributed by atoms with Gasteiger partial charge in [-0.3, -0.25) is 14.4 Å². The quantitative estimate of drug-likeness (QED) is 0.223. The molecule has 0 bridgehead atoms. The lowest BCUT2D eigenvalue weighted by atomic mass is 9.83. The highest BCUT2D eigenvalue weighted by atomic mass is 35.5. The Morgan fingerprint density at radius 3 is 2.30 bits per heavy atom. The van der Waals surface area contributed by atoms with Crippen molar-refractivity contribution in [3.05, 3.63) is 34.9 Å². The van der Waals surface area contributed by atoms with Crippen LogP contribution in [0.4, 0.5) is 4.79 Å². The molecule has 1 saturated carbocycles. The second kappa shape index (κ2) is 16.4. The Hall–Kier alpha value is -2.85. The van der Waals surface area contributed by atoms with Gasteiger partial charge in [0.15, 0.2) is 0 Å². The van der Waals surface area contributed by atoms with E-state index < -0.39 is 47.7 Å². The number of carboxylic acid groups (broad SMARTS) is 1. The van der Waals surface area contributed by atoms with Crippen molar-refractivity contribution in [3.8, 4) is 0 Å². The Morgan fingerprint density at radius 2 is 1.70 bits per heavy atom. The van der Waals surface area contributed by atoms with Gasteiger partial charge in [0.25, 0.3) is 0 Å². The molecule has 1 aliphatic rings. The molecule has 1 aromatic carbocycles. The summed E-state index contributed by atoms with van der Waals surface area (Å²) in [5.74, 6) is -1.91. The van der Waals surface area contributed by atoms with Gasteiger partial charge in [-0.25, -0.2) is 4.79 Å². The average molecular weight is 582 g/mol. The van der Waals surface area contributed by atoms with Crippen molar-refractivity contribution in [2.75, 3.05) is 6.54 Å². The van der Waals surface area contributed by atoms with Gasteiger partial charge in [0.05, 0.1) is 18.6 Å². The molecule has 5 N–H and O–H groups in total. The Labute approximate surface area is 241 Å². The van der Waals surface area contributed by atoms with Crippen molar-refractivity contribution in [3.63, 3.8) is 0 Å². The SMILES string of the molecule is CC(C)(C)OC(=O)N[C@@H](CC1CCCCC1)[C@@H](O)CC(=O)N[C@@H](CCC(=O)O)C(=O)NCCc1ccc(Cl)cc1. The van der Waals surface area contributed by atoms with E-state index in [2.05, 4.69) is 16.0 Å². The first-order valence-electron chi connectivity index (χ1n) is 14.0. The predicted molar refractivity (Wildman–Crippen MR) is 152 cm³/mol. The standard InChI is InChI=1S/C29H44ClN3O7/c1-29(2,3)40-28(39)33-23(17-20-7-5-4-6-8-20)24(34)18-25(35)32-22(13-14-26(36)37)27(38)31-16-15-19-9-11-21(30)12-10-19/h9-12,20,22-24,34H,4-8,13-18H2,1-3H3,(H,31,38)(H,32,35)(H,33,39)(H,36,37)/t22-,23-,24-/m0/s1. The van der Waals surface area contributed by atoms with Crippen LogP contribution in [0.25, 0.3) is 0 Å². The number of ether oxygens (including phenoxy) is 1. The number of carbonyl (C=O) groups is 4. The third-order valence-electron chi connectivity index (χ3n) is 6.80. The van der Waals surface area contributed by atoms with Gasteiger partial charge in [0.1, 0.15) is 11.6 Å². The van der Waals surface area contributed by atoms with Crippen LogP contribution in [0.3, 0.4) is 0 Å². The van der Waals surface area contributed by atoms with Crippen LogP contribution in [0.1, 0.15) is 84.1 Å². The highest BCUT2D eigenvalue weighted by Gasteiger charge is 2.30. The monoisotopic (exact) mass is 581 g/mol. The largest absolute Gasteiger partial charge is 0.481 e. The number of carboxylic acids is 1. The van der Waals surface area contributed by atoms with Gasteiger partial charge in [-0.2, -0.15) is 0 Å². The van der Waals surface area contributed by atoms with Gasteiger partial charge in [0.2, 0.25) is 11.8 Å². The summed E-state index contributed by atoms with van der Waals surface area (Å²) in [6, 6.07) is 5.38. The number of aliphatic hydroxyl groups is 1. The van der Waals surface area contributed by atoms with Crippen molar-refractivity contribution in [1.29, 1.82) is 0 Å². The Morgan fingerprint density at radius 1 is 1.05 bits per heavy atom. The minimum absolute atomic E-state index is 0.106. The van der Waals surface area contributed by atoms with E-state index in [1.807, 2.05) is 12.1 Å². The minimum atomic E-state index is -1.22. The number of rotatable bonds is 14. The Kier molecular flexibility index (Phi) is 13.7. The molecule has 3 amide bonds. The molecule has 0 aliphatic heterocycles. The average Bonchev–Trinajstić information content (AvgIpc) is 2.86. The van der Waals surface area contributed by atoms with Crippen LogP contribution in [-0.4, -0.2) is 64.4 Å². The number of hydrogen-bond acceptors (Lipinski definition) is 6. The summed E-state index contributed by atoms with van der Waals surface area (Å²) in [5.41, 5.74) is 0.237. The van der Waals surface area contributed by atoms with E-state index in [9.17, 15) is 24.3 Å². The van der Waals surface area contributed by atoms with E-state index in [0.29, 0.717) is 23.8 Å². The number of benzene rings is 1. The van der Waals surface area contributed by atoms with Gasteiger partial charge in [-0.05, 0) is 63.6 Å². The molecule has 0 aromatic heterocycles. The maximum Gasteiger partial charge on any atom is 0.407 e. The molecule has 3 atom stereocenters. The molecular weight excluding hydrogens is 538 g/mol. The molecule has 1 aromatic rings. The lowest BCUT2D eigenvalue weighted by molar-refractivity contribution is -0.138. The summed E-state index contributed by atoms with van der Waals surface area (Å²) >= 11 is 5.90. The first-order chi connectivity index (χ1) is 18.8. The molecular formula is C29H44ClN3O7. The first kappa shape index (κ1) is 33.4. The van der Waals surface area contributed by atoms with Crippen molar-refractivity contribution < 1.29 is 34.1 Å². The van der Waals surface area contributed by atoms with E-state index >= 15 is 0 Å². The van der Waals surface area contributed by atoms with Crippen LogP contribution in [0.5, 0.6) is 0 Å². The normalized spacial score (nSPS) is 16.3. The van der Waals surface area contributed by atoms with Gasteiger partial charge in [-0.15, -0.1) is 0 Å². The van der Waals surface area contributed by atoms with Crippen LogP contribution in [0.15, 0.2) is 24.3 Å². The van der Waals surface area contributed by atoms with Gasteiger partial charge < -0.3 is 30.9 Å². The maximum absolute atomic E-state index is 12.9. The molecule has 224 valence electrons. The molecule has 0 heterocycles. The summed E-state index contributed by atoms with van der Waals surface area (Å²) < 4.78 is 5.36. The topological polar surface area (TPSA) is 154 Å². The Balaban J connectivity index is 1.99. The highest BCUT2D eigenvalue weighted by Crippen LogP contribution is 2.28. The zero-order chi connectivity index (χ0) is 29.7. The number of carbonyl (C=O) groups excluding carboxylic acids is 3. The highest BCUT2D eigenvalue weighted by molar-refractivity contribution is 6.30. The number of alkyl carbamates (subject to hydrolysis) is 1. The van der Waals surface area contributed by atoms with Crippen LogP contribution >= 0.6 is 11.6 Å². The molecule has 1 aliphatic carbocycles. The lowest BCUT2D eigenvalue weighted by Gasteiger charge is -2.31. The summed E-state index contributed by atoms with van der Waals surface area (Å²) in [6.45, 7) is 5.50. The van der Waals surface area contributed by atoms with E-state index in [1.165, 1.54) is 0 Å². The summed E-state index contributed by atoms with van der Waals surface area (Å²) in [4.78, 5) is 49.3. The molecule has 40 heavy (non-hydrogen) atoms. The van der Waals surface area contributed by atoms with Crippen molar-refractivity contribution in [2.45, 2.75) is 109 Å². The summed E-state index contributed by atoms with van der Waals surface area (Å²) in [6.07, 6.45) is 3.64. The van der Waals surface area contributed by atoms with E-state index in [1.54, 1.807) is 32.9 Å². The molecule has 2 rings (SSSR count). The zero-order valence-corrected chi connectivity index (χ0v) is 24.5. The molecule has 10 nitrogen and oxygen atoms in total. The molecule has 0 saturated heterocycles. The lowest BCUT2D eigenvalue weighted by Crippen LogP contribution is -2.51. The number of hydrogen-bond donors (Lipinski definition) is 5. The third-order valence-corrected chi connectivity index (χ3v) is 7.05. The number of amides is 3. The van der Waals surface area contributed by atoms with Gasteiger partial charge in [0, 0.05) is 18.0 Å². The zero-order valence-electron chi connectivity index (χ0n) is 23.7. The first-order valence-corrected chi connectivity index (χ1v) is 14.4. The van der Waals surface area contributed by atoms with E-state index in [4.69, 9.17) is 21.4 Å². The number of halogens is 1. The van der Waals surface area contributed by atoms with Gasteiger partial charge in [-0.1, -0.05) is 55.8 Å². The third kappa shape index (κ3) is 13.5. The predicted octanol–water partition coefficient (Wildman–Crippen LogP) is 3.96. The van der Waals surface area contributed by atoms with Crippen molar-refractivity contribution in [1.82, 2.24) is 16.0 Å². The fraction of sp³-hybridized carbons (Fsp3) is 0.655. The fourth-order valence-electron chi connectivity index (χ4n) is 4.78. The number of nitrogens with one attached hydrogen (secondary N) is 3. The maximum atomic E-state index is 12.9. The van der Waals surface area contributed by atoms with Crippen LogP contribution in [0.2, 0.25) is 5.02 Å². The molecule has 11 heteroatoms.